The predicted octanol–water partition coefficient (Wildman–Crippen LogP) is 4.13. The zero-order chi connectivity index (χ0) is 13.3. The first-order chi connectivity index (χ1) is 8.50. The highest BCUT2D eigenvalue weighted by molar-refractivity contribution is 9.10. The monoisotopic (exact) mass is 311 g/mol. The fourth-order valence-corrected chi connectivity index (χ4v) is 3.42. The molecule has 1 heterocycles. The lowest BCUT2D eigenvalue weighted by Crippen LogP contribution is -2.33. The van der Waals surface area contributed by atoms with Gasteiger partial charge in [-0.2, -0.15) is 0 Å². The Morgan fingerprint density at radius 2 is 2.06 bits per heavy atom. The van der Waals surface area contributed by atoms with Gasteiger partial charge in [-0.3, -0.25) is 0 Å². The first-order valence-corrected chi connectivity index (χ1v) is 7.54. The van der Waals surface area contributed by atoms with Crippen LogP contribution in [0.5, 0.6) is 0 Å². The quantitative estimate of drug-likeness (QED) is 0.907. The maximum absolute atomic E-state index is 9.61. The lowest BCUT2D eigenvalue weighted by Gasteiger charge is -2.30. The van der Waals surface area contributed by atoms with Crippen molar-refractivity contribution in [1.82, 2.24) is 0 Å². The topological polar surface area (TPSA) is 23.5 Å². The number of hydrogen-bond acceptors (Lipinski definition) is 2. The molecule has 0 radical (unpaired) electrons. The summed E-state index contributed by atoms with van der Waals surface area (Å²) in [6.45, 7) is 7.52. The van der Waals surface area contributed by atoms with E-state index in [9.17, 15) is 5.11 Å². The molecule has 2 rings (SSSR count). The van der Waals surface area contributed by atoms with Gasteiger partial charge in [0.05, 0.1) is 11.8 Å². The van der Waals surface area contributed by atoms with Gasteiger partial charge in [-0.25, -0.2) is 0 Å². The van der Waals surface area contributed by atoms with Gasteiger partial charge in [0.2, 0.25) is 0 Å². The molecule has 1 aromatic rings. The van der Waals surface area contributed by atoms with E-state index >= 15 is 0 Å². The molecule has 0 amide bonds. The Kier molecular flexibility index (Phi) is 4.33. The molecule has 1 saturated heterocycles. The maximum atomic E-state index is 9.61. The Morgan fingerprint density at radius 3 is 2.61 bits per heavy atom. The first-order valence-electron chi connectivity index (χ1n) is 6.75. The molecule has 3 heteroatoms. The molecule has 1 N–H and O–H groups in total. The number of anilines is 1. The highest BCUT2D eigenvalue weighted by Gasteiger charge is 2.28. The molecule has 100 valence electrons. The van der Waals surface area contributed by atoms with E-state index in [1.54, 1.807) is 6.92 Å². The Morgan fingerprint density at radius 1 is 1.33 bits per heavy atom. The summed E-state index contributed by atoms with van der Waals surface area (Å²) in [7, 11) is 0. The largest absolute Gasteiger partial charge is 0.389 e. The van der Waals surface area contributed by atoms with Crippen LogP contribution in [0.1, 0.15) is 45.3 Å². The van der Waals surface area contributed by atoms with Crippen LogP contribution >= 0.6 is 15.9 Å². The molecule has 2 unspecified atom stereocenters. The summed E-state index contributed by atoms with van der Waals surface area (Å²) in [5.74, 6) is 0.677. The van der Waals surface area contributed by atoms with Gasteiger partial charge in [0.25, 0.3) is 0 Å². The number of halogens is 1. The van der Waals surface area contributed by atoms with Crippen molar-refractivity contribution < 1.29 is 5.11 Å². The minimum atomic E-state index is -0.408. The number of aliphatic hydroxyl groups excluding tert-OH is 1. The van der Waals surface area contributed by atoms with Gasteiger partial charge in [0.1, 0.15) is 0 Å². The number of hydrogen-bond donors (Lipinski definition) is 1. The van der Waals surface area contributed by atoms with E-state index in [1.165, 1.54) is 18.5 Å². The Hall–Kier alpha value is -0.540. The number of nitrogens with zero attached hydrogens (tertiary/aromatic N) is 1. The molecule has 1 aliphatic rings. The van der Waals surface area contributed by atoms with Crippen LogP contribution in [0.3, 0.4) is 0 Å². The minimum Gasteiger partial charge on any atom is -0.389 e. The molecular weight excluding hydrogens is 290 g/mol. The third kappa shape index (κ3) is 2.72. The Labute approximate surface area is 118 Å². The number of rotatable bonds is 3. The van der Waals surface area contributed by atoms with Crippen LogP contribution in [-0.2, 0) is 0 Å². The highest BCUT2D eigenvalue weighted by Crippen LogP contribution is 2.35. The fraction of sp³-hybridized carbons (Fsp3) is 0.600. The molecule has 2 nitrogen and oxygen atoms in total. The molecule has 0 bridgehead atoms. The van der Waals surface area contributed by atoms with Crippen LogP contribution in [0.4, 0.5) is 5.69 Å². The first kappa shape index (κ1) is 13.9. The van der Waals surface area contributed by atoms with E-state index in [0.717, 1.165) is 16.6 Å². The van der Waals surface area contributed by atoms with Gasteiger partial charge < -0.3 is 10.0 Å². The molecule has 1 aliphatic heterocycles. The van der Waals surface area contributed by atoms with E-state index in [2.05, 4.69) is 40.7 Å². The molecule has 18 heavy (non-hydrogen) atoms. The van der Waals surface area contributed by atoms with Crippen molar-refractivity contribution in [2.45, 2.75) is 45.8 Å². The molecule has 0 aliphatic carbocycles. The third-order valence-corrected chi connectivity index (χ3v) is 4.47. The Bertz CT molecular complexity index is 417. The van der Waals surface area contributed by atoms with E-state index in [-0.39, 0.29) is 0 Å². The van der Waals surface area contributed by atoms with E-state index in [0.29, 0.717) is 12.0 Å². The summed E-state index contributed by atoms with van der Waals surface area (Å²) in [5.41, 5.74) is 2.22. The smallest absolute Gasteiger partial charge is 0.0762 e. The molecule has 2 atom stereocenters. The summed E-state index contributed by atoms with van der Waals surface area (Å²) < 4.78 is 1.09. The predicted molar refractivity (Wildman–Crippen MR) is 80.0 cm³/mol. The standard InChI is InChI=1S/C15H22BrNO/c1-10(2)14-5-4-8-17(14)15-7-6-12(11(3)18)9-13(15)16/h6-7,9-11,14,18H,4-5,8H2,1-3H3. The van der Waals surface area contributed by atoms with Crippen molar-refractivity contribution in [3.8, 4) is 0 Å². The lowest BCUT2D eigenvalue weighted by atomic mass is 10.0. The minimum absolute atomic E-state index is 0.408. The molecule has 0 spiro atoms. The second-order valence-electron chi connectivity index (χ2n) is 5.53. The van der Waals surface area contributed by atoms with Crippen LogP contribution in [0, 0.1) is 5.92 Å². The van der Waals surface area contributed by atoms with Gasteiger partial charge in [-0.15, -0.1) is 0 Å². The van der Waals surface area contributed by atoms with Crippen LogP contribution in [0.15, 0.2) is 22.7 Å². The van der Waals surface area contributed by atoms with Gasteiger partial charge in [-0.1, -0.05) is 19.9 Å². The van der Waals surface area contributed by atoms with Crippen LogP contribution in [-0.4, -0.2) is 17.7 Å². The lowest BCUT2D eigenvalue weighted by molar-refractivity contribution is 0.199. The van der Waals surface area contributed by atoms with Crippen LogP contribution in [0.2, 0.25) is 0 Å². The molecule has 1 fully saturated rings. The normalized spacial score (nSPS) is 21.7. The molecule has 0 aromatic heterocycles. The molecular formula is C15H22BrNO. The van der Waals surface area contributed by atoms with Crippen molar-refractivity contribution in [2.24, 2.45) is 5.92 Å². The third-order valence-electron chi connectivity index (χ3n) is 3.83. The van der Waals surface area contributed by atoms with Crippen molar-refractivity contribution in [3.63, 3.8) is 0 Å². The van der Waals surface area contributed by atoms with Crippen molar-refractivity contribution >= 4 is 21.6 Å². The fourth-order valence-electron chi connectivity index (χ4n) is 2.80. The SMILES string of the molecule is CC(O)c1ccc(N2CCCC2C(C)C)c(Br)c1. The number of aliphatic hydroxyl groups is 1. The van der Waals surface area contributed by atoms with E-state index < -0.39 is 6.10 Å². The average Bonchev–Trinajstić information content (AvgIpc) is 2.77. The zero-order valence-electron chi connectivity index (χ0n) is 11.4. The van der Waals surface area contributed by atoms with Gasteiger partial charge in [0.15, 0.2) is 0 Å². The van der Waals surface area contributed by atoms with Gasteiger partial charge >= 0.3 is 0 Å². The summed E-state index contributed by atoms with van der Waals surface area (Å²) >= 11 is 3.65. The Balaban J connectivity index is 2.28. The molecule has 0 saturated carbocycles. The number of benzene rings is 1. The molecule has 1 aromatic carbocycles. The van der Waals surface area contributed by atoms with Crippen LogP contribution < -0.4 is 4.90 Å². The highest BCUT2D eigenvalue weighted by atomic mass is 79.9. The van der Waals surface area contributed by atoms with E-state index in [1.807, 2.05) is 12.1 Å². The van der Waals surface area contributed by atoms with Crippen LogP contribution in [0.25, 0.3) is 0 Å². The van der Waals surface area contributed by atoms with Gasteiger partial charge in [0, 0.05) is 17.1 Å². The summed E-state index contributed by atoms with van der Waals surface area (Å²) in [6.07, 6.45) is 2.14. The average molecular weight is 312 g/mol. The summed E-state index contributed by atoms with van der Waals surface area (Å²) in [6, 6.07) is 6.84. The van der Waals surface area contributed by atoms with Crippen molar-refractivity contribution in [2.75, 3.05) is 11.4 Å². The second kappa shape index (κ2) is 5.62. The van der Waals surface area contributed by atoms with E-state index in [4.69, 9.17) is 0 Å². The second-order valence-corrected chi connectivity index (χ2v) is 6.39. The van der Waals surface area contributed by atoms with Gasteiger partial charge in [-0.05, 0) is 59.3 Å². The summed E-state index contributed by atoms with van der Waals surface area (Å²) in [5, 5.41) is 9.61. The zero-order valence-corrected chi connectivity index (χ0v) is 12.9. The maximum Gasteiger partial charge on any atom is 0.0762 e. The van der Waals surface area contributed by atoms with Crippen molar-refractivity contribution in [3.05, 3.63) is 28.2 Å². The van der Waals surface area contributed by atoms with Crippen molar-refractivity contribution in [1.29, 1.82) is 0 Å². The summed E-state index contributed by atoms with van der Waals surface area (Å²) in [4.78, 5) is 2.50.